The molecule has 1 aliphatic heterocycles. The van der Waals surface area contributed by atoms with Crippen molar-refractivity contribution in [1.29, 1.82) is 0 Å². The molecule has 4 rings (SSSR count). The number of hydrogen-bond donors (Lipinski definition) is 1. The number of anilines is 2. The van der Waals surface area contributed by atoms with Crippen molar-refractivity contribution in [3.05, 3.63) is 30.1 Å². The summed E-state index contributed by atoms with van der Waals surface area (Å²) in [4.78, 5) is 26.5. The number of amides is 2. The van der Waals surface area contributed by atoms with Crippen molar-refractivity contribution >= 4 is 34.2 Å². The summed E-state index contributed by atoms with van der Waals surface area (Å²) in [6.45, 7) is 10.0. The second kappa shape index (κ2) is 7.40. The standard InChI is InChI=1S/C22H28N6O3/c1-13(2)28-17-12-23-27(20(17)14(3)25-28)10-9-19(29)24-15-7-8-16-18(11-15)31-22(4,5)21(30)26(16)6/h7-8,11-13H,9-10H2,1-6H3,(H,24,29). The van der Waals surface area contributed by atoms with E-state index in [-0.39, 0.29) is 24.3 Å². The fourth-order valence-corrected chi connectivity index (χ4v) is 3.95. The lowest BCUT2D eigenvalue weighted by Crippen LogP contribution is -2.50. The highest BCUT2D eigenvalue weighted by Gasteiger charge is 2.39. The average Bonchev–Trinajstić information content (AvgIpc) is 3.25. The van der Waals surface area contributed by atoms with Crippen LogP contribution in [-0.4, -0.2) is 44.0 Å². The molecule has 0 fully saturated rings. The van der Waals surface area contributed by atoms with Crippen LogP contribution in [0.15, 0.2) is 24.4 Å². The molecular weight excluding hydrogens is 396 g/mol. The normalized spacial score (nSPS) is 15.3. The number of rotatable bonds is 5. The molecule has 0 unspecified atom stereocenters. The predicted molar refractivity (Wildman–Crippen MR) is 118 cm³/mol. The smallest absolute Gasteiger partial charge is 0.270 e. The molecule has 0 aliphatic carbocycles. The molecule has 2 aromatic heterocycles. The molecule has 9 heteroatoms. The summed E-state index contributed by atoms with van der Waals surface area (Å²) in [6.07, 6.45) is 2.07. The Morgan fingerprint density at radius 3 is 2.74 bits per heavy atom. The molecule has 0 atom stereocenters. The fraction of sp³-hybridized carbons (Fsp3) is 0.455. The lowest BCUT2D eigenvalue weighted by molar-refractivity contribution is -0.132. The maximum atomic E-state index is 12.6. The van der Waals surface area contributed by atoms with Crippen molar-refractivity contribution in [3.63, 3.8) is 0 Å². The molecular formula is C22H28N6O3. The summed E-state index contributed by atoms with van der Waals surface area (Å²) in [5.41, 5.74) is 3.18. The molecule has 3 aromatic rings. The lowest BCUT2D eigenvalue weighted by Gasteiger charge is -2.37. The van der Waals surface area contributed by atoms with Crippen LogP contribution >= 0.6 is 0 Å². The van der Waals surface area contributed by atoms with Gasteiger partial charge in [-0.2, -0.15) is 10.2 Å². The van der Waals surface area contributed by atoms with E-state index in [1.807, 2.05) is 16.3 Å². The summed E-state index contributed by atoms with van der Waals surface area (Å²) in [5.74, 6) is 0.325. The summed E-state index contributed by atoms with van der Waals surface area (Å²) >= 11 is 0. The zero-order valence-electron chi connectivity index (χ0n) is 18.8. The Morgan fingerprint density at radius 1 is 1.29 bits per heavy atom. The Kier molecular flexibility index (Phi) is 4.99. The van der Waals surface area contributed by atoms with Gasteiger partial charge in [0.25, 0.3) is 5.91 Å². The van der Waals surface area contributed by atoms with Crippen molar-refractivity contribution in [2.45, 2.75) is 59.2 Å². The number of hydrogen-bond acceptors (Lipinski definition) is 5. The van der Waals surface area contributed by atoms with E-state index in [2.05, 4.69) is 29.4 Å². The molecule has 1 aromatic carbocycles. The van der Waals surface area contributed by atoms with Crippen LogP contribution in [-0.2, 0) is 16.1 Å². The number of nitrogens with one attached hydrogen (secondary N) is 1. The van der Waals surface area contributed by atoms with E-state index >= 15 is 0 Å². The Hall–Kier alpha value is -3.36. The molecule has 1 N–H and O–H groups in total. The van der Waals surface area contributed by atoms with Crippen molar-refractivity contribution in [3.8, 4) is 5.75 Å². The van der Waals surface area contributed by atoms with Crippen LogP contribution in [0.5, 0.6) is 5.75 Å². The number of likely N-dealkylation sites (N-methyl/N-ethyl adjacent to an activating group) is 1. The number of aromatic nitrogens is 4. The minimum Gasteiger partial charge on any atom is -0.476 e. The first-order valence-corrected chi connectivity index (χ1v) is 10.4. The van der Waals surface area contributed by atoms with Gasteiger partial charge in [0.2, 0.25) is 5.91 Å². The number of carbonyl (C=O) groups excluding carboxylic acids is 2. The van der Waals surface area contributed by atoms with Crippen molar-refractivity contribution in [2.75, 3.05) is 17.3 Å². The number of ether oxygens (including phenoxy) is 1. The first-order valence-electron chi connectivity index (χ1n) is 10.4. The molecule has 0 saturated carbocycles. The van der Waals surface area contributed by atoms with Crippen LogP contribution in [0.3, 0.4) is 0 Å². The monoisotopic (exact) mass is 424 g/mol. The number of carbonyl (C=O) groups is 2. The SMILES string of the molecule is Cc1nn(C(C)C)c2cnn(CCC(=O)Nc3ccc4c(c3)OC(C)(C)C(=O)N4C)c12. The number of aryl methyl sites for hydroxylation is 2. The Labute approximate surface area is 181 Å². The third kappa shape index (κ3) is 3.64. The molecule has 164 valence electrons. The Bertz CT molecular complexity index is 1170. The highest BCUT2D eigenvalue weighted by molar-refractivity contribution is 6.02. The quantitative estimate of drug-likeness (QED) is 0.678. The maximum absolute atomic E-state index is 12.6. The molecule has 2 amide bonds. The summed E-state index contributed by atoms with van der Waals surface area (Å²) in [5, 5.41) is 11.9. The highest BCUT2D eigenvalue weighted by Crippen LogP contribution is 2.38. The van der Waals surface area contributed by atoms with E-state index in [4.69, 9.17) is 4.74 Å². The van der Waals surface area contributed by atoms with Crippen molar-refractivity contribution in [2.24, 2.45) is 0 Å². The van der Waals surface area contributed by atoms with Gasteiger partial charge in [0.1, 0.15) is 16.8 Å². The molecule has 3 heterocycles. The van der Waals surface area contributed by atoms with E-state index in [9.17, 15) is 9.59 Å². The fourth-order valence-electron chi connectivity index (χ4n) is 3.95. The maximum Gasteiger partial charge on any atom is 0.270 e. The van der Waals surface area contributed by atoms with E-state index in [1.165, 1.54) is 0 Å². The van der Waals surface area contributed by atoms with E-state index in [1.54, 1.807) is 50.2 Å². The van der Waals surface area contributed by atoms with E-state index in [0.717, 1.165) is 16.7 Å². The summed E-state index contributed by atoms with van der Waals surface area (Å²) < 4.78 is 9.64. The van der Waals surface area contributed by atoms with Gasteiger partial charge in [-0.3, -0.25) is 19.0 Å². The number of benzene rings is 1. The summed E-state index contributed by atoms with van der Waals surface area (Å²) in [7, 11) is 1.72. The van der Waals surface area contributed by atoms with Gasteiger partial charge in [-0.05, 0) is 46.8 Å². The molecule has 0 bridgehead atoms. The van der Waals surface area contributed by atoms with Gasteiger partial charge in [-0.25, -0.2) is 0 Å². The molecule has 1 aliphatic rings. The number of fused-ring (bicyclic) bond motifs is 2. The van der Waals surface area contributed by atoms with Gasteiger partial charge in [0.15, 0.2) is 5.60 Å². The van der Waals surface area contributed by atoms with Gasteiger partial charge in [-0.1, -0.05) is 0 Å². The second-order valence-electron chi connectivity index (χ2n) is 8.68. The average molecular weight is 425 g/mol. The minimum atomic E-state index is -0.950. The van der Waals surface area contributed by atoms with Crippen LogP contribution in [0.2, 0.25) is 0 Å². The third-order valence-corrected chi connectivity index (χ3v) is 5.50. The third-order valence-electron chi connectivity index (χ3n) is 5.50. The first-order chi connectivity index (χ1) is 14.6. The predicted octanol–water partition coefficient (Wildman–Crippen LogP) is 3.28. The van der Waals surface area contributed by atoms with Crippen LogP contribution in [0.1, 0.15) is 45.9 Å². The highest BCUT2D eigenvalue weighted by atomic mass is 16.5. The Morgan fingerprint density at radius 2 is 2.03 bits per heavy atom. The van der Waals surface area contributed by atoms with E-state index < -0.39 is 5.60 Å². The largest absolute Gasteiger partial charge is 0.476 e. The van der Waals surface area contributed by atoms with Gasteiger partial charge in [0.05, 0.1) is 24.1 Å². The molecule has 31 heavy (non-hydrogen) atoms. The zero-order chi connectivity index (χ0) is 22.5. The van der Waals surface area contributed by atoms with Crippen LogP contribution in [0.25, 0.3) is 11.0 Å². The van der Waals surface area contributed by atoms with Gasteiger partial charge in [-0.15, -0.1) is 0 Å². The van der Waals surface area contributed by atoms with Crippen LogP contribution in [0, 0.1) is 6.92 Å². The summed E-state index contributed by atoms with van der Waals surface area (Å²) in [6, 6.07) is 5.54. The topological polar surface area (TPSA) is 94.3 Å². The van der Waals surface area contributed by atoms with Gasteiger partial charge in [0, 0.05) is 31.3 Å². The Balaban J connectivity index is 1.46. The van der Waals surface area contributed by atoms with Gasteiger partial charge >= 0.3 is 0 Å². The minimum absolute atomic E-state index is 0.113. The zero-order valence-corrected chi connectivity index (χ0v) is 18.8. The second-order valence-corrected chi connectivity index (χ2v) is 8.68. The first kappa shape index (κ1) is 20.9. The van der Waals surface area contributed by atoms with Gasteiger partial charge < -0.3 is 15.0 Å². The van der Waals surface area contributed by atoms with Crippen molar-refractivity contribution < 1.29 is 14.3 Å². The number of nitrogens with zero attached hydrogens (tertiary/aromatic N) is 5. The molecule has 0 radical (unpaired) electrons. The van der Waals surface area contributed by atoms with Crippen molar-refractivity contribution in [1.82, 2.24) is 19.6 Å². The molecule has 0 saturated heterocycles. The van der Waals surface area contributed by atoms with E-state index in [0.29, 0.717) is 23.7 Å². The lowest BCUT2D eigenvalue weighted by atomic mass is 10.0. The molecule has 0 spiro atoms. The van der Waals surface area contributed by atoms with Crippen LogP contribution in [0.4, 0.5) is 11.4 Å². The van der Waals surface area contributed by atoms with Crippen LogP contribution < -0.4 is 15.0 Å². The molecule has 9 nitrogen and oxygen atoms in total.